The van der Waals surface area contributed by atoms with Gasteiger partial charge in [-0.3, -0.25) is 4.79 Å². The Labute approximate surface area is 117 Å². The second kappa shape index (κ2) is 7.03. The highest BCUT2D eigenvalue weighted by molar-refractivity contribution is 7.90. The Hall–Kier alpha value is -1.91. The average molecular weight is 298 g/mol. The van der Waals surface area contributed by atoms with Gasteiger partial charge in [0.05, 0.1) is 17.9 Å². The van der Waals surface area contributed by atoms with Crippen LogP contribution in [0, 0.1) is 17.7 Å². The van der Waals surface area contributed by atoms with Gasteiger partial charge >= 0.3 is 0 Å². The molecule has 0 saturated heterocycles. The molecule has 0 heterocycles. The molecule has 0 bridgehead atoms. The molecule has 108 valence electrons. The predicted octanol–water partition coefficient (Wildman–Crippen LogP) is -0.0897. The zero-order valence-electron chi connectivity index (χ0n) is 10.9. The molecule has 0 unspecified atom stereocenters. The molecule has 0 radical (unpaired) electrons. The summed E-state index contributed by atoms with van der Waals surface area (Å²) in [6, 6.07) is 3.57. The molecule has 1 rings (SSSR count). The van der Waals surface area contributed by atoms with Gasteiger partial charge in [-0.05, 0) is 18.2 Å². The molecule has 3 N–H and O–H groups in total. The van der Waals surface area contributed by atoms with Crippen LogP contribution >= 0.6 is 0 Å². The first-order chi connectivity index (χ1) is 9.33. The van der Waals surface area contributed by atoms with Crippen LogP contribution in [0.4, 0.5) is 4.39 Å². The monoisotopic (exact) mass is 298 g/mol. The Balaban J connectivity index is 2.87. The maximum absolute atomic E-state index is 13.1. The van der Waals surface area contributed by atoms with Crippen molar-refractivity contribution in [3.8, 4) is 11.8 Å². The van der Waals surface area contributed by atoms with E-state index in [0.717, 1.165) is 18.4 Å². The van der Waals surface area contributed by atoms with E-state index >= 15 is 0 Å². The number of rotatable bonds is 4. The molecule has 0 fully saturated rings. The first kappa shape index (κ1) is 16.1. The summed E-state index contributed by atoms with van der Waals surface area (Å²) in [5.74, 6) is 3.97. The Morgan fingerprint density at radius 3 is 2.75 bits per heavy atom. The highest BCUT2D eigenvalue weighted by atomic mass is 32.2. The van der Waals surface area contributed by atoms with Crippen LogP contribution in [0.25, 0.3) is 0 Å². The van der Waals surface area contributed by atoms with E-state index in [2.05, 4.69) is 17.2 Å². The number of amides is 1. The van der Waals surface area contributed by atoms with Crippen LogP contribution in [-0.2, 0) is 9.84 Å². The Morgan fingerprint density at radius 1 is 1.45 bits per heavy atom. The predicted molar refractivity (Wildman–Crippen MR) is 74.4 cm³/mol. The lowest BCUT2D eigenvalue weighted by molar-refractivity contribution is 0.0956. The molecule has 1 aromatic rings. The number of benzene rings is 1. The van der Waals surface area contributed by atoms with Crippen molar-refractivity contribution in [3.63, 3.8) is 0 Å². The Bertz CT molecular complexity index is 660. The third-order valence-corrected chi connectivity index (χ3v) is 3.26. The summed E-state index contributed by atoms with van der Waals surface area (Å²) in [6.45, 7) is 0.0739. The van der Waals surface area contributed by atoms with Gasteiger partial charge < -0.3 is 11.1 Å². The number of carbonyl (C=O) groups excluding carboxylic acids is 1. The lowest BCUT2D eigenvalue weighted by atomic mass is 10.1. The fraction of sp³-hybridized carbons (Fsp3) is 0.308. The summed E-state index contributed by atoms with van der Waals surface area (Å²) < 4.78 is 35.1. The normalized spacial score (nSPS) is 10.6. The van der Waals surface area contributed by atoms with Crippen LogP contribution in [0.5, 0.6) is 0 Å². The van der Waals surface area contributed by atoms with Gasteiger partial charge in [0, 0.05) is 18.4 Å². The molecule has 0 aliphatic rings. The van der Waals surface area contributed by atoms with Gasteiger partial charge in [0.25, 0.3) is 5.91 Å². The van der Waals surface area contributed by atoms with Crippen LogP contribution in [0.1, 0.15) is 15.9 Å². The highest BCUT2D eigenvalue weighted by Crippen LogP contribution is 2.10. The maximum atomic E-state index is 13.1. The third-order valence-electron chi connectivity index (χ3n) is 2.31. The summed E-state index contributed by atoms with van der Waals surface area (Å²) in [5.41, 5.74) is 5.63. The van der Waals surface area contributed by atoms with Gasteiger partial charge in [0.15, 0.2) is 0 Å². The first-order valence-corrected chi connectivity index (χ1v) is 7.84. The van der Waals surface area contributed by atoms with Crippen molar-refractivity contribution in [2.45, 2.75) is 0 Å². The van der Waals surface area contributed by atoms with E-state index in [-0.39, 0.29) is 30.0 Å². The van der Waals surface area contributed by atoms with Gasteiger partial charge in [-0.15, -0.1) is 0 Å². The van der Waals surface area contributed by atoms with Crippen LogP contribution in [0.2, 0.25) is 0 Å². The molecule has 0 aromatic heterocycles. The van der Waals surface area contributed by atoms with Crippen molar-refractivity contribution in [1.82, 2.24) is 5.32 Å². The molecular weight excluding hydrogens is 283 g/mol. The minimum Gasteiger partial charge on any atom is -0.351 e. The van der Waals surface area contributed by atoms with Gasteiger partial charge in [-0.2, -0.15) is 0 Å². The molecular formula is C13H15FN2O3S. The Morgan fingerprint density at radius 2 is 2.15 bits per heavy atom. The average Bonchev–Trinajstić information content (AvgIpc) is 2.34. The van der Waals surface area contributed by atoms with Crippen molar-refractivity contribution in [1.29, 1.82) is 0 Å². The molecule has 0 spiro atoms. The smallest absolute Gasteiger partial charge is 0.252 e. The molecule has 7 heteroatoms. The lowest BCUT2D eigenvalue weighted by Crippen LogP contribution is -2.29. The number of sulfone groups is 1. The second-order valence-corrected chi connectivity index (χ2v) is 6.34. The van der Waals surface area contributed by atoms with Crippen molar-refractivity contribution < 1.29 is 17.6 Å². The Kier molecular flexibility index (Phi) is 5.67. The number of nitrogens with one attached hydrogen (secondary N) is 1. The molecule has 0 aliphatic carbocycles. The fourth-order valence-electron chi connectivity index (χ4n) is 1.41. The van der Waals surface area contributed by atoms with Crippen LogP contribution in [0.3, 0.4) is 0 Å². The summed E-state index contributed by atoms with van der Waals surface area (Å²) in [6.07, 6.45) is 1.08. The van der Waals surface area contributed by atoms with E-state index in [4.69, 9.17) is 5.73 Å². The van der Waals surface area contributed by atoms with Crippen molar-refractivity contribution in [2.24, 2.45) is 5.73 Å². The van der Waals surface area contributed by atoms with Crippen LogP contribution < -0.4 is 11.1 Å². The molecule has 5 nitrogen and oxygen atoms in total. The highest BCUT2D eigenvalue weighted by Gasteiger charge is 2.11. The van der Waals surface area contributed by atoms with Crippen LogP contribution in [0.15, 0.2) is 18.2 Å². The summed E-state index contributed by atoms with van der Waals surface area (Å²) in [4.78, 5) is 11.9. The van der Waals surface area contributed by atoms with Gasteiger partial charge in [0.2, 0.25) is 0 Å². The van der Waals surface area contributed by atoms with Crippen molar-refractivity contribution >= 4 is 15.7 Å². The number of hydrogen-bond donors (Lipinski definition) is 2. The minimum atomic E-state index is -3.15. The zero-order valence-corrected chi connectivity index (χ0v) is 11.8. The van der Waals surface area contributed by atoms with Crippen LogP contribution in [-0.4, -0.2) is 39.4 Å². The summed E-state index contributed by atoms with van der Waals surface area (Å²) in [7, 11) is -3.15. The summed E-state index contributed by atoms with van der Waals surface area (Å²) in [5, 5.41) is 2.45. The van der Waals surface area contributed by atoms with Crippen molar-refractivity contribution in [2.75, 3.05) is 25.1 Å². The van der Waals surface area contributed by atoms with Gasteiger partial charge in [-0.1, -0.05) is 11.8 Å². The van der Waals surface area contributed by atoms with E-state index in [0.29, 0.717) is 0 Å². The molecule has 0 saturated carbocycles. The quantitative estimate of drug-likeness (QED) is 0.760. The minimum absolute atomic E-state index is 0.0151. The molecule has 0 aliphatic heterocycles. The second-order valence-electron chi connectivity index (χ2n) is 4.08. The fourth-order valence-corrected chi connectivity index (χ4v) is 1.88. The number of hydrogen-bond acceptors (Lipinski definition) is 4. The van der Waals surface area contributed by atoms with Gasteiger partial charge in [0.1, 0.15) is 15.7 Å². The molecule has 0 atom stereocenters. The molecule has 1 aromatic carbocycles. The van der Waals surface area contributed by atoms with Gasteiger partial charge in [-0.25, -0.2) is 12.8 Å². The largest absolute Gasteiger partial charge is 0.351 e. The van der Waals surface area contributed by atoms with E-state index in [1.54, 1.807) is 0 Å². The van der Waals surface area contributed by atoms with E-state index in [1.807, 2.05) is 0 Å². The third kappa shape index (κ3) is 5.38. The van der Waals surface area contributed by atoms with E-state index < -0.39 is 21.6 Å². The number of nitrogens with two attached hydrogens (primary N) is 1. The number of halogens is 1. The van der Waals surface area contributed by atoms with E-state index in [1.165, 1.54) is 6.07 Å². The maximum Gasteiger partial charge on any atom is 0.252 e. The van der Waals surface area contributed by atoms with Crippen molar-refractivity contribution in [3.05, 3.63) is 35.1 Å². The standard InChI is InChI=1S/C13H15FN2O3S/c1-20(18,19)8-7-16-13(17)12-5-4-11(14)9-10(12)3-2-6-15/h4-5,9H,6-8,15H2,1H3,(H,16,17). The SMILES string of the molecule is CS(=O)(=O)CCNC(=O)c1ccc(F)cc1C#CCN. The lowest BCUT2D eigenvalue weighted by Gasteiger charge is -2.06. The zero-order chi connectivity index (χ0) is 15.2. The number of carbonyl (C=O) groups is 1. The van der Waals surface area contributed by atoms with E-state index in [9.17, 15) is 17.6 Å². The topological polar surface area (TPSA) is 89.3 Å². The molecule has 1 amide bonds. The first-order valence-electron chi connectivity index (χ1n) is 5.78. The molecule has 20 heavy (non-hydrogen) atoms. The summed E-state index contributed by atoms with van der Waals surface area (Å²) >= 11 is 0.